The van der Waals surface area contributed by atoms with Gasteiger partial charge in [0.25, 0.3) is 11.5 Å². The van der Waals surface area contributed by atoms with Gasteiger partial charge in [-0.15, -0.1) is 0 Å². The number of carbonyl (C=O) groups excluding carboxylic acids is 1. The van der Waals surface area contributed by atoms with Gasteiger partial charge in [0.2, 0.25) is 0 Å². The van der Waals surface area contributed by atoms with E-state index in [-0.39, 0.29) is 12.1 Å². The lowest BCUT2D eigenvalue weighted by Crippen LogP contribution is -2.37. The van der Waals surface area contributed by atoms with E-state index in [0.717, 1.165) is 36.9 Å². The Labute approximate surface area is 121 Å². The number of aromatic amines is 1. The molecule has 0 bridgehead atoms. The highest BCUT2D eigenvalue weighted by Crippen LogP contribution is 2.45. The van der Waals surface area contributed by atoms with Crippen molar-refractivity contribution in [2.45, 2.75) is 38.5 Å². The molecule has 2 aliphatic carbocycles. The second kappa shape index (κ2) is 5.02. The summed E-state index contributed by atoms with van der Waals surface area (Å²) in [6.45, 7) is 0.0810. The van der Waals surface area contributed by atoms with Crippen LogP contribution in [0.5, 0.6) is 0 Å². The van der Waals surface area contributed by atoms with Gasteiger partial charge in [-0.3, -0.25) is 14.4 Å². The summed E-state index contributed by atoms with van der Waals surface area (Å²) in [5, 5.41) is 11.7. The average molecular weight is 290 g/mol. The molecule has 1 saturated carbocycles. The van der Waals surface area contributed by atoms with Crippen LogP contribution < -0.4 is 10.9 Å². The lowest BCUT2D eigenvalue weighted by atomic mass is 9.95. The van der Waals surface area contributed by atoms with Crippen molar-refractivity contribution in [2.24, 2.45) is 5.41 Å². The highest BCUT2D eigenvalue weighted by atomic mass is 16.4. The van der Waals surface area contributed by atoms with Crippen molar-refractivity contribution in [2.75, 3.05) is 6.54 Å². The van der Waals surface area contributed by atoms with Crippen LogP contribution in [0.15, 0.2) is 10.9 Å². The van der Waals surface area contributed by atoms with Crippen LogP contribution in [0.2, 0.25) is 0 Å². The molecule has 6 heteroatoms. The maximum Gasteiger partial charge on any atom is 0.311 e. The number of rotatable bonds is 4. The molecule has 0 saturated heterocycles. The fourth-order valence-corrected chi connectivity index (χ4v) is 2.81. The summed E-state index contributed by atoms with van der Waals surface area (Å²) in [5.74, 6) is -1.38. The molecular formula is C15H18N2O4. The van der Waals surface area contributed by atoms with E-state index in [2.05, 4.69) is 10.3 Å². The predicted molar refractivity (Wildman–Crippen MR) is 75.3 cm³/mol. The number of aryl methyl sites for hydroxylation is 2. The van der Waals surface area contributed by atoms with Crippen molar-refractivity contribution in [1.29, 1.82) is 0 Å². The number of fused-ring (bicyclic) bond motifs is 1. The number of carboxylic acid groups (broad SMARTS) is 1. The summed E-state index contributed by atoms with van der Waals surface area (Å²) in [5.41, 5.74) is 0.805. The van der Waals surface area contributed by atoms with Gasteiger partial charge in [0.1, 0.15) is 5.56 Å². The van der Waals surface area contributed by atoms with Crippen molar-refractivity contribution in [1.82, 2.24) is 10.3 Å². The van der Waals surface area contributed by atoms with Crippen LogP contribution in [-0.4, -0.2) is 28.5 Å². The van der Waals surface area contributed by atoms with E-state index in [9.17, 15) is 14.4 Å². The van der Waals surface area contributed by atoms with Gasteiger partial charge in [-0.1, -0.05) is 0 Å². The van der Waals surface area contributed by atoms with E-state index in [0.29, 0.717) is 12.8 Å². The Morgan fingerprint density at radius 1 is 1.29 bits per heavy atom. The molecule has 1 aromatic heterocycles. The molecule has 21 heavy (non-hydrogen) atoms. The van der Waals surface area contributed by atoms with Gasteiger partial charge < -0.3 is 15.4 Å². The van der Waals surface area contributed by atoms with Crippen LogP contribution in [0.25, 0.3) is 0 Å². The van der Waals surface area contributed by atoms with Crippen LogP contribution in [0.1, 0.15) is 47.3 Å². The highest BCUT2D eigenvalue weighted by molar-refractivity contribution is 5.94. The molecule has 6 nitrogen and oxygen atoms in total. The number of aromatic nitrogens is 1. The first-order valence-electron chi connectivity index (χ1n) is 7.28. The van der Waals surface area contributed by atoms with Crippen LogP contribution in [0.4, 0.5) is 0 Å². The topological polar surface area (TPSA) is 99.3 Å². The summed E-state index contributed by atoms with van der Waals surface area (Å²) in [6.07, 6.45) is 4.96. The van der Waals surface area contributed by atoms with Gasteiger partial charge in [0.15, 0.2) is 0 Å². The van der Waals surface area contributed by atoms with Gasteiger partial charge in [-0.05, 0) is 50.2 Å². The molecule has 1 amide bonds. The number of H-pyrrole nitrogens is 1. The van der Waals surface area contributed by atoms with Gasteiger partial charge in [-0.25, -0.2) is 0 Å². The number of amides is 1. The number of hydrogen-bond acceptors (Lipinski definition) is 3. The number of carbonyl (C=O) groups is 2. The first kappa shape index (κ1) is 13.9. The Kier molecular flexibility index (Phi) is 3.31. The molecule has 0 unspecified atom stereocenters. The van der Waals surface area contributed by atoms with Crippen molar-refractivity contribution in [3.63, 3.8) is 0 Å². The summed E-state index contributed by atoms with van der Waals surface area (Å²) >= 11 is 0. The van der Waals surface area contributed by atoms with Gasteiger partial charge >= 0.3 is 5.97 Å². The first-order chi connectivity index (χ1) is 10.0. The van der Waals surface area contributed by atoms with Crippen molar-refractivity contribution >= 4 is 11.9 Å². The molecule has 1 aromatic rings. The van der Waals surface area contributed by atoms with Gasteiger partial charge in [0.05, 0.1) is 5.41 Å². The summed E-state index contributed by atoms with van der Waals surface area (Å²) in [4.78, 5) is 38.0. The predicted octanol–water partition coefficient (Wildman–Crippen LogP) is 0.848. The maximum atomic E-state index is 12.1. The fourth-order valence-electron chi connectivity index (χ4n) is 2.81. The SMILES string of the molecule is O=C(NCC1(C(=O)O)CC1)c1cc2c([nH]c1=O)CCCC2. The molecule has 1 heterocycles. The largest absolute Gasteiger partial charge is 0.481 e. The number of hydrogen-bond donors (Lipinski definition) is 3. The quantitative estimate of drug-likeness (QED) is 0.765. The van der Waals surface area contributed by atoms with E-state index < -0.39 is 22.9 Å². The third-order valence-electron chi connectivity index (χ3n) is 4.48. The number of nitrogens with one attached hydrogen (secondary N) is 2. The first-order valence-corrected chi connectivity index (χ1v) is 7.28. The zero-order valence-corrected chi connectivity index (χ0v) is 11.7. The third-order valence-corrected chi connectivity index (χ3v) is 4.48. The van der Waals surface area contributed by atoms with E-state index in [4.69, 9.17) is 5.11 Å². The van der Waals surface area contributed by atoms with Crippen LogP contribution in [0, 0.1) is 5.41 Å². The maximum absolute atomic E-state index is 12.1. The van der Waals surface area contributed by atoms with Crippen molar-refractivity contribution in [3.05, 3.63) is 33.2 Å². The average Bonchev–Trinajstić information content (AvgIpc) is 3.25. The van der Waals surface area contributed by atoms with Gasteiger partial charge in [-0.2, -0.15) is 0 Å². The highest BCUT2D eigenvalue weighted by Gasteiger charge is 2.50. The minimum atomic E-state index is -0.887. The minimum absolute atomic E-state index is 0.0804. The van der Waals surface area contributed by atoms with Crippen molar-refractivity contribution < 1.29 is 14.7 Å². The monoisotopic (exact) mass is 290 g/mol. The molecule has 112 valence electrons. The molecule has 0 spiro atoms. The van der Waals surface area contributed by atoms with Crippen LogP contribution in [0.3, 0.4) is 0 Å². The van der Waals surface area contributed by atoms with Crippen molar-refractivity contribution in [3.8, 4) is 0 Å². The lowest BCUT2D eigenvalue weighted by Gasteiger charge is -2.16. The normalized spacial score (nSPS) is 18.7. The van der Waals surface area contributed by atoms with E-state index >= 15 is 0 Å². The molecule has 0 radical (unpaired) electrons. The smallest absolute Gasteiger partial charge is 0.311 e. The summed E-state index contributed by atoms with van der Waals surface area (Å²) < 4.78 is 0. The molecule has 3 rings (SSSR count). The standard InChI is InChI=1S/C15H18N2O4/c18-12(16-8-15(5-6-15)14(20)21)10-7-9-3-1-2-4-11(9)17-13(10)19/h7H,1-6,8H2,(H,16,18)(H,17,19)(H,20,21). The second-order valence-electron chi connectivity index (χ2n) is 5.99. The summed E-state index contributed by atoms with van der Waals surface area (Å²) in [6, 6.07) is 1.66. The number of carboxylic acids is 1. The molecule has 0 aromatic carbocycles. The van der Waals surface area contributed by atoms with Crippen LogP contribution in [-0.2, 0) is 17.6 Å². The molecule has 0 atom stereocenters. The number of pyridine rings is 1. The Hall–Kier alpha value is -2.11. The molecule has 0 aliphatic heterocycles. The fraction of sp³-hybridized carbons (Fsp3) is 0.533. The zero-order valence-electron chi connectivity index (χ0n) is 11.7. The second-order valence-corrected chi connectivity index (χ2v) is 5.99. The molecule has 3 N–H and O–H groups in total. The molecule has 2 aliphatic rings. The third kappa shape index (κ3) is 2.57. The minimum Gasteiger partial charge on any atom is -0.481 e. The lowest BCUT2D eigenvalue weighted by molar-refractivity contribution is -0.143. The Bertz CT molecular complexity index is 658. The number of aliphatic carboxylic acids is 1. The van der Waals surface area contributed by atoms with Crippen LogP contribution >= 0.6 is 0 Å². The Morgan fingerprint density at radius 3 is 2.67 bits per heavy atom. The van der Waals surface area contributed by atoms with E-state index in [1.807, 2.05) is 0 Å². The zero-order chi connectivity index (χ0) is 15.0. The summed E-state index contributed by atoms with van der Waals surface area (Å²) in [7, 11) is 0. The molecule has 1 fully saturated rings. The van der Waals surface area contributed by atoms with E-state index in [1.165, 1.54) is 0 Å². The van der Waals surface area contributed by atoms with Gasteiger partial charge in [0, 0.05) is 12.2 Å². The Balaban J connectivity index is 1.76. The van der Waals surface area contributed by atoms with E-state index in [1.54, 1.807) is 6.07 Å². The Morgan fingerprint density at radius 2 is 2.00 bits per heavy atom. The molecular weight excluding hydrogens is 272 g/mol.